The summed E-state index contributed by atoms with van der Waals surface area (Å²) in [7, 11) is 0. The number of hydrogen-bond acceptors (Lipinski definition) is 1. The van der Waals surface area contributed by atoms with E-state index in [0.29, 0.717) is 6.54 Å². The van der Waals surface area contributed by atoms with Crippen molar-refractivity contribution in [1.82, 2.24) is 0 Å². The van der Waals surface area contributed by atoms with Gasteiger partial charge >= 0.3 is 0 Å². The fraction of sp³-hybridized carbons (Fsp3) is 0.143. The van der Waals surface area contributed by atoms with Gasteiger partial charge in [0.05, 0.1) is 0 Å². The molecule has 1 rings (SSSR count). The van der Waals surface area contributed by atoms with Gasteiger partial charge in [0.1, 0.15) is 0 Å². The molecular weight excluding hydrogens is 166 g/mol. The monoisotopic (exact) mass is 178 g/mol. The minimum absolute atomic E-state index is 0. The van der Waals surface area contributed by atoms with E-state index < -0.39 is 0 Å². The largest absolute Gasteiger partial charge is 0.326 e. The van der Waals surface area contributed by atoms with Gasteiger partial charge in [-0.1, -0.05) is 30.3 Å². The Labute approximate surface area is 71.6 Å². The highest BCUT2D eigenvalue weighted by Crippen LogP contribution is 1.94. The van der Waals surface area contributed by atoms with Crippen molar-refractivity contribution in [2.45, 2.75) is 6.54 Å². The van der Waals surface area contributed by atoms with Gasteiger partial charge in [0.15, 0.2) is 0 Å². The first-order chi connectivity index (χ1) is 3.93. The van der Waals surface area contributed by atoms with Gasteiger partial charge in [-0.15, -0.1) is 0 Å². The summed E-state index contributed by atoms with van der Waals surface area (Å²) < 4.78 is 0. The molecular formula is C7H12BF3N. The predicted octanol–water partition coefficient (Wildman–Crippen LogP) is 1.22. The molecule has 1 nitrogen and oxygen atoms in total. The van der Waals surface area contributed by atoms with Crippen molar-refractivity contribution < 1.29 is 14.1 Å². The van der Waals surface area contributed by atoms with E-state index in [1.165, 1.54) is 5.56 Å². The molecule has 0 aliphatic carbocycles. The lowest BCUT2D eigenvalue weighted by Crippen LogP contribution is -1.94. The number of halogens is 3. The summed E-state index contributed by atoms with van der Waals surface area (Å²) in [6.07, 6.45) is 0. The van der Waals surface area contributed by atoms with Crippen LogP contribution in [-0.2, 0) is 6.54 Å². The van der Waals surface area contributed by atoms with Gasteiger partial charge in [-0.3, -0.25) is 14.1 Å². The highest BCUT2D eigenvalue weighted by Gasteiger charge is 1.80. The summed E-state index contributed by atoms with van der Waals surface area (Å²) in [5, 5.41) is 0. The lowest BCUT2D eigenvalue weighted by atomic mass is 10.2. The van der Waals surface area contributed by atoms with E-state index in [1.54, 1.807) is 0 Å². The van der Waals surface area contributed by atoms with Crippen molar-refractivity contribution in [2.75, 3.05) is 0 Å². The molecule has 0 aliphatic heterocycles. The van der Waals surface area contributed by atoms with E-state index >= 15 is 0 Å². The summed E-state index contributed by atoms with van der Waals surface area (Å²) >= 11 is 0. The molecule has 69 valence electrons. The molecule has 0 bridgehead atoms. The van der Waals surface area contributed by atoms with E-state index in [1.807, 2.05) is 30.3 Å². The SMILES string of the molecule is F.F.F.NCc1ccccc1.[B]. The third-order valence-corrected chi connectivity index (χ3v) is 1.08. The molecule has 1 aromatic carbocycles. The Bertz CT molecular complexity index is 160. The zero-order valence-electron chi connectivity index (χ0n) is 6.47. The fourth-order valence-corrected chi connectivity index (χ4v) is 0.614. The lowest BCUT2D eigenvalue weighted by molar-refractivity contribution is 1.07. The molecule has 0 fully saturated rings. The van der Waals surface area contributed by atoms with Gasteiger partial charge in [0.25, 0.3) is 0 Å². The summed E-state index contributed by atoms with van der Waals surface area (Å²) in [5.74, 6) is 0. The Balaban J connectivity index is -0.0000000800. The number of nitrogens with two attached hydrogens (primary N) is 1. The highest BCUT2D eigenvalue weighted by molar-refractivity contribution is 5.75. The molecule has 2 N–H and O–H groups in total. The van der Waals surface area contributed by atoms with Crippen LogP contribution in [0.2, 0.25) is 0 Å². The first-order valence-corrected chi connectivity index (χ1v) is 2.67. The second-order valence-electron chi connectivity index (χ2n) is 1.69. The minimum atomic E-state index is 0. The third kappa shape index (κ3) is 7.15. The molecule has 1 aromatic rings. The van der Waals surface area contributed by atoms with E-state index in [2.05, 4.69) is 0 Å². The van der Waals surface area contributed by atoms with Crippen molar-refractivity contribution in [3.63, 3.8) is 0 Å². The molecule has 0 aromatic heterocycles. The van der Waals surface area contributed by atoms with Crippen molar-refractivity contribution in [3.8, 4) is 0 Å². The zero-order chi connectivity index (χ0) is 5.82. The standard InChI is InChI=1S/C7H9N.B.3FH/c8-6-7-4-2-1-3-5-7;;;;/h1-5H,6,8H2;;3*1H. The van der Waals surface area contributed by atoms with E-state index in [4.69, 9.17) is 5.73 Å². The van der Waals surface area contributed by atoms with E-state index in [0.717, 1.165) is 0 Å². The van der Waals surface area contributed by atoms with Gasteiger partial charge in [-0.2, -0.15) is 0 Å². The van der Waals surface area contributed by atoms with Gasteiger partial charge < -0.3 is 5.73 Å². The molecule has 0 amide bonds. The molecule has 0 aliphatic rings. The maximum Gasteiger partial charge on any atom is 0.0178 e. The normalized spacial score (nSPS) is 6.08. The lowest BCUT2D eigenvalue weighted by Gasteiger charge is -1.90. The second kappa shape index (κ2) is 12.7. The van der Waals surface area contributed by atoms with Crippen LogP contribution in [0.25, 0.3) is 0 Å². The van der Waals surface area contributed by atoms with Crippen LogP contribution < -0.4 is 5.73 Å². The van der Waals surface area contributed by atoms with Crippen LogP contribution in [0, 0.1) is 0 Å². The third-order valence-electron chi connectivity index (χ3n) is 1.08. The van der Waals surface area contributed by atoms with Crippen molar-refractivity contribution in [2.24, 2.45) is 5.73 Å². The van der Waals surface area contributed by atoms with Crippen LogP contribution in [0.5, 0.6) is 0 Å². The predicted molar refractivity (Wildman–Crippen MR) is 47.6 cm³/mol. The van der Waals surface area contributed by atoms with Crippen LogP contribution in [0.1, 0.15) is 5.56 Å². The number of benzene rings is 1. The van der Waals surface area contributed by atoms with Gasteiger partial charge in [-0.05, 0) is 5.56 Å². The topological polar surface area (TPSA) is 26.0 Å². The number of hydrogen-bond donors (Lipinski definition) is 1. The van der Waals surface area contributed by atoms with Crippen LogP contribution in [-0.4, -0.2) is 8.41 Å². The van der Waals surface area contributed by atoms with E-state index in [9.17, 15) is 0 Å². The zero-order valence-corrected chi connectivity index (χ0v) is 6.47. The van der Waals surface area contributed by atoms with E-state index in [-0.39, 0.29) is 22.5 Å². The molecule has 0 saturated heterocycles. The summed E-state index contributed by atoms with van der Waals surface area (Å²) in [6, 6.07) is 9.99. The van der Waals surface area contributed by atoms with Crippen LogP contribution in [0.15, 0.2) is 30.3 Å². The Hall–Kier alpha value is -0.965. The van der Waals surface area contributed by atoms with Crippen molar-refractivity contribution in [1.29, 1.82) is 0 Å². The molecule has 0 atom stereocenters. The van der Waals surface area contributed by atoms with Gasteiger partial charge in [-0.25, -0.2) is 0 Å². The second-order valence-corrected chi connectivity index (χ2v) is 1.69. The minimum Gasteiger partial charge on any atom is -0.326 e. The number of rotatable bonds is 1. The smallest absolute Gasteiger partial charge is 0.0178 e. The molecule has 5 heteroatoms. The fourth-order valence-electron chi connectivity index (χ4n) is 0.614. The molecule has 0 spiro atoms. The Morgan fingerprint density at radius 3 is 1.58 bits per heavy atom. The summed E-state index contributed by atoms with van der Waals surface area (Å²) in [5.41, 5.74) is 6.54. The van der Waals surface area contributed by atoms with Crippen LogP contribution in [0.4, 0.5) is 14.1 Å². The van der Waals surface area contributed by atoms with Gasteiger partial charge in [0.2, 0.25) is 0 Å². The maximum atomic E-state index is 5.35. The Kier molecular flexibility index (Phi) is 23.7. The Morgan fingerprint density at radius 2 is 1.33 bits per heavy atom. The Morgan fingerprint density at radius 1 is 0.917 bits per heavy atom. The average Bonchev–Trinajstić information content (AvgIpc) is 1.90. The first kappa shape index (κ1) is 22.5. The first-order valence-electron chi connectivity index (χ1n) is 2.67. The molecule has 12 heavy (non-hydrogen) atoms. The molecule has 0 unspecified atom stereocenters. The van der Waals surface area contributed by atoms with Crippen LogP contribution in [0.3, 0.4) is 0 Å². The summed E-state index contributed by atoms with van der Waals surface area (Å²) in [6.45, 7) is 0.640. The molecule has 0 heterocycles. The quantitative estimate of drug-likeness (QED) is 0.642. The van der Waals surface area contributed by atoms with Crippen molar-refractivity contribution in [3.05, 3.63) is 35.9 Å². The maximum absolute atomic E-state index is 5.35. The molecule has 3 radical (unpaired) electrons. The van der Waals surface area contributed by atoms with Gasteiger partial charge in [0, 0.05) is 15.0 Å². The van der Waals surface area contributed by atoms with Crippen molar-refractivity contribution >= 4 is 8.41 Å². The molecule has 0 saturated carbocycles. The van der Waals surface area contributed by atoms with Crippen LogP contribution >= 0.6 is 0 Å². The highest BCUT2D eigenvalue weighted by atomic mass is 19.0. The summed E-state index contributed by atoms with van der Waals surface area (Å²) in [4.78, 5) is 0. The average molecular weight is 178 g/mol.